The molecule has 0 atom stereocenters. The largest absolute Gasteiger partial charge is 0.321 e. The summed E-state index contributed by atoms with van der Waals surface area (Å²) in [6, 6.07) is 9.87. The van der Waals surface area contributed by atoms with Gasteiger partial charge in [0.2, 0.25) is 0 Å². The van der Waals surface area contributed by atoms with E-state index < -0.39 is 0 Å². The van der Waals surface area contributed by atoms with Crippen LogP contribution in [0.25, 0.3) is 10.2 Å². The number of thiophene rings is 1. The Balaban J connectivity index is 0.00000243. The fraction of sp³-hybridized carbons (Fsp3) is 0.368. The predicted octanol–water partition coefficient (Wildman–Crippen LogP) is 4.54. The third-order valence-electron chi connectivity index (χ3n) is 4.14. The van der Waals surface area contributed by atoms with Crippen LogP contribution >= 0.6 is 23.7 Å². The molecule has 0 fully saturated rings. The van der Waals surface area contributed by atoms with E-state index in [4.69, 9.17) is 0 Å². The van der Waals surface area contributed by atoms with Crippen molar-refractivity contribution in [2.45, 2.75) is 33.2 Å². The lowest BCUT2D eigenvalue weighted by Gasteiger charge is -2.10. The number of fused-ring (bicyclic) bond motifs is 1. The van der Waals surface area contributed by atoms with E-state index >= 15 is 0 Å². The lowest BCUT2D eigenvalue weighted by atomic mass is 10.1. The van der Waals surface area contributed by atoms with Crippen LogP contribution in [0.15, 0.2) is 30.3 Å². The van der Waals surface area contributed by atoms with Gasteiger partial charge in [-0.3, -0.25) is 9.48 Å². The number of aryl methyl sites for hydroxylation is 1. The Labute approximate surface area is 164 Å². The second-order valence-electron chi connectivity index (χ2n) is 6.38. The van der Waals surface area contributed by atoms with E-state index in [0.717, 1.165) is 40.3 Å². The first kappa shape index (κ1) is 20.4. The molecule has 0 aliphatic rings. The maximum Gasteiger partial charge on any atom is 0.265 e. The Morgan fingerprint density at radius 1 is 1.31 bits per heavy atom. The summed E-state index contributed by atoms with van der Waals surface area (Å²) >= 11 is 1.49. The molecule has 0 unspecified atom stereocenters. The highest BCUT2D eigenvalue weighted by molar-refractivity contribution is 7.20. The fourth-order valence-electron chi connectivity index (χ4n) is 2.84. The van der Waals surface area contributed by atoms with Gasteiger partial charge in [-0.1, -0.05) is 39.0 Å². The average Bonchev–Trinajstić information content (AvgIpc) is 3.15. The van der Waals surface area contributed by atoms with Gasteiger partial charge in [0.05, 0.1) is 10.6 Å². The number of para-hydroxylation sites is 1. The lowest BCUT2D eigenvalue weighted by Crippen LogP contribution is -2.16. The van der Waals surface area contributed by atoms with Gasteiger partial charge >= 0.3 is 0 Å². The number of hydrogen-bond donors (Lipinski definition) is 2. The molecule has 2 N–H and O–H groups in total. The molecule has 0 bridgehead atoms. The summed E-state index contributed by atoms with van der Waals surface area (Å²) in [5.41, 5.74) is 2.98. The fourth-order valence-corrected chi connectivity index (χ4v) is 3.82. The molecule has 5 nitrogen and oxygen atoms in total. The minimum atomic E-state index is -0.0696. The molecule has 7 heteroatoms. The number of carbonyl (C=O) groups excluding carboxylic acids is 1. The summed E-state index contributed by atoms with van der Waals surface area (Å²) in [7, 11) is 1.93. The summed E-state index contributed by atoms with van der Waals surface area (Å²) < 4.78 is 1.87. The maximum absolute atomic E-state index is 12.7. The number of anilines is 1. The van der Waals surface area contributed by atoms with Crippen molar-refractivity contribution in [2.24, 2.45) is 7.05 Å². The molecule has 0 aliphatic heterocycles. The second-order valence-corrected chi connectivity index (χ2v) is 7.42. The first-order valence-corrected chi connectivity index (χ1v) is 9.39. The summed E-state index contributed by atoms with van der Waals surface area (Å²) in [6.07, 6.45) is 0. The zero-order chi connectivity index (χ0) is 18.0. The van der Waals surface area contributed by atoms with Gasteiger partial charge in [-0.25, -0.2) is 0 Å². The van der Waals surface area contributed by atoms with Crippen molar-refractivity contribution in [2.75, 3.05) is 11.9 Å². The molecule has 3 rings (SSSR count). The first-order valence-electron chi connectivity index (χ1n) is 8.57. The van der Waals surface area contributed by atoms with E-state index in [1.807, 2.05) is 42.1 Å². The van der Waals surface area contributed by atoms with Crippen LogP contribution in [-0.4, -0.2) is 22.2 Å². The van der Waals surface area contributed by atoms with E-state index in [0.29, 0.717) is 10.8 Å². The first-order chi connectivity index (χ1) is 12.0. The molecule has 0 saturated carbocycles. The second kappa shape index (κ2) is 8.66. The molecule has 0 radical (unpaired) electrons. The van der Waals surface area contributed by atoms with Crippen LogP contribution in [0.4, 0.5) is 5.69 Å². The van der Waals surface area contributed by atoms with Gasteiger partial charge < -0.3 is 10.6 Å². The van der Waals surface area contributed by atoms with Gasteiger partial charge in [0.25, 0.3) is 5.91 Å². The van der Waals surface area contributed by atoms with E-state index in [1.54, 1.807) is 0 Å². The third kappa shape index (κ3) is 4.09. The molecule has 2 aromatic heterocycles. The lowest BCUT2D eigenvalue weighted by molar-refractivity contribution is 0.103. The number of amides is 1. The molecule has 0 spiro atoms. The standard InChI is InChI=1S/C19H24N4OS.ClH/c1-5-20-11-13-8-6-7-9-15(13)21-18(24)16-10-14-17(12(2)3)22-23(4)19(14)25-16;/h6-10,12,20H,5,11H2,1-4H3,(H,21,24);1H. The van der Waals surface area contributed by atoms with E-state index in [9.17, 15) is 4.79 Å². The van der Waals surface area contributed by atoms with Crippen LogP contribution in [0.3, 0.4) is 0 Å². The SMILES string of the molecule is CCNCc1ccccc1NC(=O)c1cc2c(C(C)C)nn(C)c2s1.Cl. The van der Waals surface area contributed by atoms with E-state index in [1.165, 1.54) is 11.3 Å². The number of hydrogen-bond acceptors (Lipinski definition) is 4. The average molecular weight is 393 g/mol. The number of carbonyl (C=O) groups is 1. The van der Waals surface area contributed by atoms with Crippen molar-refractivity contribution in [3.8, 4) is 0 Å². The Morgan fingerprint density at radius 3 is 2.73 bits per heavy atom. The number of nitrogens with one attached hydrogen (secondary N) is 2. The van der Waals surface area contributed by atoms with Crippen molar-refractivity contribution < 1.29 is 4.79 Å². The minimum absolute atomic E-state index is 0. The smallest absolute Gasteiger partial charge is 0.265 e. The van der Waals surface area contributed by atoms with Gasteiger partial charge in [0.1, 0.15) is 4.83 Å². The van der Waals surface area contributed by atoms with Crippen LogP contribution in [0, 0.1) is 0 Å². The van der Waals surface area contributed by atoms with Gasteiger partial charge in [-0.05, 0) is 30.2 Å². The van der Waals surface area contributed by atoms with Crippen LogP contribution in [0.2, 0.25) is 0 Å². The van der Waals surface area contributed by atoms with Gasteiger partial charge in [-0.2, -0.15) is 5.10 Å². The predicted molar refractivity (Wildman–Crippen MR) is 112 cm³/mol. The summed E-state index contributed by atoms with van der Waals surface area (Å²) in [5, 5.41) is 12.0. The minimum Gasteiger partial charge on any atom is -0.321 e. The van der Waals surface area contributed by atoms with Crippen molar-refractivity contribution >= 4 is 45.6 Å². The maximum atomic E-state index is 12.7. The summed E-state index contributed by atoms with van der Waals surface area (Å²) in [6.45, 7) is 7.94. The van der Waals surface area contributed by atoms with Crippen LogP contribution in [-0.2, 0) is 13.6 Å². The van der Waals surface area contributed by atoms with E-state index in [2.05, 4.69) is 36.5 Å². The molecule has 1 aromatic carbocycles. The van der Waals surface area contributed by atoms with Crippen molar-refractivity contribution in [1.82, 2.24) is 15.1 Å². The molecular weight excluding hydrogens is 368 g/mol. The quantitative estimate of drug-likeness (QED) is 0.647. The molecule has 1 amide bonds. The molecule has 0 aliphatic carbocycles. The molecular formula is C19H25ClN4OS. The van der Waals surface area contributed by atoms with E-state index in [-0.39, 0.29) is 18.3 Å². The highest BCUT2D eigenvalue weighted by Crippen LogP contribution is 2.32. The van der Waals surface area contributed by atoms with Crippen molar-refractivity contribution in [3.05, 3.63) is 46.5 Å². The third-order valence-corrected chi connectivity index (χ3v) is 5.34. The zero-order valence-electron chi connectivity index (χ0n) is 15.5. The van der Waals surface area contributed by atoms with Crippen LogP contribution in [0.5, 0.6) is 0 Å². The molecule has 0 saturated heterocycles. The molecule has 2 heterocycles. The summed E-state index contributed by atoms with van der Waals surface area (Å²) in [5.74, 6) is 0.259. The van der Waals surface area contributed by atoms with Gasteiger partial charge in [0, 0.05) is 24.7 Å². The van der Waals surface area contributed by atoms with Gasteiger partial charge in [0.15, 0.2) is 0 Å². The Hall–Kier alpha value is -1.89. The summed E-state index contributed by atoms with van der Waals surface area (Å²) in [4.78, 5) is 14.5. The number of nitrogens with zero attached hydrogens (tertiary/aromatic N) is 2. The van der Waals surface area contributed by atoms with Gasteiger partial charge in [-0.15, -0.1) is 23.7 Å². The monoisotopic (exact) mass is 392 g/mol. The topological polar surface area (TPSA) is 58.9 Å². The normalized spacial score (nSPS) is 11.0. The molecule has 3 aromatic rings. The number of aromatic nitrogens is 2. The highest BCUT2D eigenvalue weighted by atomic mass is 35.5. The van der Waals surface area contributed by atoms with Crippen LogP contribution < -0.4 is 10.6 Å². The Kier molecular flexibility index (Phi) is 6.81. The number of benzene rings is 1. The Morgan fingerprint density at radius 2 is 2.04 bits per heavy atom. The number of rotatable bonds is 6. The highest BCUT2D eigenvalue weighted by Gasteiger charge is 2.19. The van der Waals surface area contributed by atoms with Crippen molar-refractivity contribution in [3.63, 3.8) is 0 Å². The molecule has 140 valence electrons. The number of halogens is 1. The Bertz CT molecular complexity index is 900. The zero-order valence-corrected chi connectivity index (χ0v) is 17.1. The van der Waals surface area contributed by atoms with Crippen LogP contribution in [0.1, 0.15) is 47.6 Å². The molecule has 26 heavy (non-hydrogen) atoms. The van der Waals surface area contributed by atoms with Crippen molar-refractivity contribution in [1.29, 1.82) is 0 Å².